The van der Waals surface area contributed by atoms with Crippen molar-refractivity contribution in [1.29, 1.82) is 0 Å². The van der Waals surface area contributed by atoms with E-state index in [1.165, 1.54) is 15.9 Å². The summed E-state index contributed by atoms with van der Waals surface area (Å²) in [4.78, 5) is 18.5. The van der Waals surface area contributed by atoms with E-state index in [4.69, 9.17) is 9.84 Å². The molecule has 0 aliphatic carbocycles. The Hall–Kier alpha value is -4.08. The molecular weight excluding hydrogens is 574 g/mol. The molecule has 0 fully saturated rings. The lowest BCUT2D eigenvalue weighted by Crippen LogP contribution is -2.23. The van der Waals surface area contributed by atoms with Gasteiger partial charge in [-0.2, -0.15) is 14.6 Å². The Kier molecular flexibility index (Phi) is 6.62. The number of aromatic nitrogens is 5. The van der Waals surface area contributed by atoms with Crippen molar-refractivity contribution >= 4 is 38.3 Å². The van der Waals surface area contributed by atoms with E-state index in [0.717, 1.165) is 43.9 Å². The van der Waals surface area contributed by atoms with Crippen LogP contribution in [-0.4, -0.2) is 30.5 Å². The number of benzene rings is 3. The summed E-state index contributed by atoms with van der Waals surface area (Å²) >= 11 is 4.76. The van der Waals surface area contributed by atoms with Crippen LogP contribution >= 0.6 is 27.3 Å². The molecule has 7 nitrogen and oxygen atoms in total. The minimum Gasteiger partial charge on any atom is -0.491 e. The van der Waals surface area contributed by atoms with Gasteiger partial charge in [0, 0.05) is 27.4 Å². The minimum atomic E-state index is -0.207. The quantitative estimate of drug-likeness (QED) is 0.233. The maximum absolute atomic E-state index is 13.3. The molecule has 0 saturated heterocycles. The van der Waals surface area contributed by atoms with E-state index in [0.29, 0.717) is 15.3 Å². The van der Waals surface area contributed by atoms with Crippen LogP contribution < -0.4 is 14.8 Å². The number of fused-ring (bicyclic) bond motifs is 1. The summed E-state index contributed by atoms with van der Waals surface area (Å²) in [7, 11) is 0. The van der Waals surface area contributed by atoms with Gasteiger partial charge in [0.2, 0.25) is 4.96 Å². The molecule has 39 heavy (non-hydrogen) atoms. The van der Waals surface area contributed by atoms with Crippen LogP contribution in [0.4, 0.5) is 0 Å². The van der Waals surface area contributed by atoms with E-state index in [1.54, 1.807) is 0 Å². The number of para-hydroxylation sites is 1. The summed E-state index contributed by atoms with van der Waals surface area (Å²) < 4.78 is 10.6. The Morgan fingerprint density at radius 3 is 2.41 bits per heavy atom. The van der Waals surface area contributed by atoms with Crippen LogP contribution in [0.15, 0.2) is 88.3 Å². The molecule has 0 N–H and O–H groups in total. The molecule has 0 radical (unpaired) electrons. The number of aryl methyl sites for hydroxylation is 1. The van der Waals surface area contributed by atoms with Gasteiger partial charge in [-0.3, -0.25) is 4.79 Å². The highest BCUT2D eigenvalue weighted by Crippen LogP contribution is 2.29. The molecule has 0 spiro atoms. The normalized spacial score (nSPS) is 12.1. The van der Waals surface area contributed by atoms with Crippen LogP contribution in [0.5, 0.6) is 5.75 Å². The Balaban J connectivity index is 1.46. The van der Waals surface area contributed by atoms with Crippen molar-refractivity contribution in [3.63, 3.8) is 0 Å². The predicted octanol–water partition coefficient (Wildman–Crippen LogP) is 6.08. The lowest BCUT2D eigenvalue weighted by Gasteiger charge is -2.13. The Morgan fingerprint density at radius 1 is 0.974 bits per heavy atom. The van der Waals surface area contributed by atoms with Crippen LogP contribution in [0.3, 0.4) is 0 Å². The van der Waals surface area contributed by atoms with Crippen molar-refractivity contribution in [2.75, 3.05) is 0 Å². The second-order valence-electron chi connectivity index (χ2n) is 9.41. The zero-order chi connectivity index (χ0) is 27.1. The summed E-state index contributed by atoms with van der Waals surface area (Å²) in [6, 6.07) is 23.7. The smallest absolute Gasteiger partial charge is 0.291 e. The van der Waals surface area contributed by atoms with Crippen LogP contribution in [0.25, 0.3) is 39.4 Å². The van der Waals surface area contributed by atoms with Gasteiger partial charge < -0.3 is 4.74 Å². The van der Waals surface area contributed by atoms with Crippen LogP contribution in [0, 0.1) is 6.92 Å². The van der Waals surface area contributed by atoms with E-state index in [-0.39, 0.29) is 11.7 Å². The maximum atomic E-state index is 13.3. The number of hydrogen-bond donors (Lipinski definition) is 0. The number of ether oxygens (including phenoxy) is 1. The van der Waals surface area contributed by atoms with E-state index < -0.39 is 0 Å². The summed E-state index contributed by atoms with van der Waals surface area (Å²) in [5.74, 6) is 1.37. The average molecular weight is 599 g/mol. The van der Waals surface area contributed by atoms with E-state index >= 15 is 0 Å². The Labute approximate surface area is 237 Å². The van der Waals surface area contributed by atoms with Crippen molar-refractivity contribution in [1.82, 2.24) is 24.4 Å². The number of rotatable bonds is 6. The van der Waals surface area contributed by atoms with Gasteiger partial charge in [0.25, 0.3) is 5.56 Å². The molecule has 194 valence electrons. The number of thiazole rings is 1. The third-order valence-electron chi connectivity index (χ3n) is 6.15. The van der Waals surface area contributed by atoms with Gasteiger partial charge in [-0.1, -0.05) is 57.6 Å². The lowest BCUT2D eigenvalue weighted by atomic mass is 10.0. The highest BCUT2D eigenvalue weighted by atomic mass is 79.9. The molecule has 9 heteroatoms. The predicted molar refractivity (Wildman–Crippen MR) is 159 cm³/mol. The largest absolute Gasteiger partial charge is 0.491 e. The molecule has 6 rings (SSSR count). The van der Waals surface area contributed by atoms with Gasteiger partial charge in [0.15, 0.2) is 5.82 Å². The van der Waals surface area contributed by atoms with Crippen molar-refractivity contribution in [2.24, 2.45) is 0 Å². The second kappa shape index (κ2) is 10.2. The standard InChI is InChI=1S/C30H24BrN5O2S/c1-18(2)38-25-14-11-21(15-19(25)3)27-22(17-35(33-27)24-7-5-4-6-8-24)16-26-29(37)36-30(39-26)32-28(34-36)20-9-12-23(31)13-10-20/h4-18H,1-3H3. The van der Waals surface area contributed by atoms with Gasteiger partial charge in [0.1, 0.15) is 11.4 Å². The maximum Gasteiger partial charge on any atom is 0.291 e. The van der Waals surface area contributed by atoms with E-state index in [1.807, 2.05) is 104 Å². The van der Waals surface area contributed by atoms with Crippen LogP contribution in [-0.2, 0) is 0 Å². The van der Waals surface area contributed by atoms with Crippen LogP contribution in [0.2, 0.25) is 0 Å². The highest BCUT2D eigenvalue weighted by Gasteiger charge is 2.16. The molecule has 0 saturated carbocycles. The van der Waals surface area contributed by atoms with Crippen molar-refractivity contribution in [2.45, 2.75) is 26.9 Å². The van der Waals surface area contributed by atoms with E-state index in [2.05, 4.69) is 32.1 Å². The SMILES string of the molecule is Cc1cc(-c2nn(-c3ccccc3)cc2C=c2sc3nc(-c4ccc(Br)cc4)nn3c2=O)ccc1OC(C)C. The van der Waals surface area contributed by atoms with Gasteiger partial charge in [0.05, 0.1) is 16.3 Å². The first-order chi connectivity index (χ1) is 18.9. The molecule has 0 aliphatic heterocycles. The van der Waals surface area contributed by atoms with Crippen molar-refractivity contribution in [3.05, 3.63) is 109 Å². The summed E-state index contributed by atoms with van der Waals surface area (Å²) in [5, 5.41) is 9.40. The topological polar surface area (TPSA) is 74.3 Å². The molecule has 3 aromatic carbocycles. The number of nitrogens with zero attached hydrogens (tertiary/aromatic N) is 5. The third kappa shape index (κ3) is 5.03. The Bertz CT molecular complexity index is 1910. The fourth-order valence-electron chi connectivity index (χ4n) is 4.31. The first kappa shape index (κ1) is 25.2. The molecule has 0 amide bonds. The number of halogens is 1. The zero-order valence-corrected chi connectivity index (χ0v) is 23.9. The van der Waals surface area contributed by atoms with Crippen molar-refractivity contribution < 1.29 is 4.74 Å². The van der Waals surface area contributed by atoms with Crippen LogP contribution in [0.1, 0.15) is 25.0 Å². The molecule has 0 aliphatic rings. The third-order valence-corrected chi connectivity index (χ3v) is 7.63. The first-order valence-electron chi connectivity index (χ1n) is 12.5. The van der Waals surface area contributed by atoms with Gasteiger partial charge in [-0.05, 0) is 74.9 Å². The summed E-state index contributed by atoms with van der Waals surface area (Å²) in [5.41, 5.74) is 5.13. The monoisotopic (exact) mass is 597 g/mol. The highest BCUT2D eigenvalue weighted by molar-refractivity contribution is 9.10. The Morgan fingerprint density at radius 2 is 1.72 bits per heavy atom. The van der Waals surface area contributed by atoms with E-state index in [9.17, 15) is 4.79 Å². The zero-order valence-electron chi connectivity index (χ0n) is 21.5. The minimum absolute atomic E-state index is 0.0850. The van der Waals surface area contributed by atoms with Gasteiger partial charge in [-0.15, -0.1) is 5.10 Å². The molecule has 3 aromatic heterocycles. The fourth-order valence-corrected chi connectivity index (χ4v) is 5.47. The molecular formula is C30H24BrN5O2S. The van der Waals surface area contributed by atoms with Gasteiger partial charge >= 0.3 is 0 Å². The first-order valence-corrected chi connectivity index (χ1v) is 14.1. The number of hydrogen-bond acceptors (Lipinski definition) is 6. The molecule has 0 unspecified atom stereocenters. The van der Waals surface area contributed by atoms with Gasteiger partial charge in [-0.25, -0.2) is 4.68 Å². The second-order valence-corrected chi connectivity index (χ2v) is 11.3. The lowest BCUT2D eigenvalue weighted by molar-refractivity contribution is 0.241. The molecule has 6 aromatic rings. The summed E-state index contributed by atoms with van der Waals surface area (Å²) in [6.45, 7) is 6.05. The fraction of sp³-hybridized carbons (Fsp3) is 0.133. The molecule has 3 heterocycles. The summed E-state index contributed by atoms with van der Waals surface area (Å²) in [6.07, 6.45) is 3.90. The van der Waals surface area contributed by atoms with Crippen molar-refractivity contribution in [3.8, 4) is 34.1 Å². The molecule has 0 bridgehead atoms. The average Bonchev–Trinajstić information content (AvgIpc) is 3.61. The molecule has 0 atom stereocenters.